The van der Waals surface area contributed by atoms with E-state index in [0.29, 0.717) is 6.54 Å². The molecule has 5 nitrogen and oxygen atoms in total. The van der Waals surface area contributed by atoms with E-state index >= 15 is 0 Å². The molecule has 0 unspecified atom stereocenters. The molecule has 1 heterocycles. The minimum absolute atomic E-state index is 0.661. The molecule has 17 heavy (non-hydrogen) atoms. The zero-order valence-electron chi connectivity index (χ0n) is 10.4. The largest absolute Gasteiger partial charge is 0.378 e. The highest BCUT2D eigenvalue weighted by molar-refractivity contribution is 5.44. The predicted molar refractivity (Wildman–Crippen MR) is 69.1 cm³/mol. The minimum atomic E-state index is 0.661. The van der Waals surface area contributed by atoms with Crippen molar-refractivity contribution in [3.05, 3.63) is 35.7 Å². The molecule has 0 saturated carbocycles. The molecular formula is C12H17N5. The lowest BCUT2D eigenvalue weighted by Gasteiger charge is -2.06. The molecule has 0 bridgehead atoms. The van der Waals surface area contributed by atoms with E-state index in [4.69, 9.17) is 0 Å². The molecule has 5 heteroatoms. The summed E-state index contributed by atoms with van der Waals surface area (Å²) in [6.45, 7) is 2.74. The maximum absolute atomic E-state index is 4.11. The van der Waals surface area contributed by atoms with Crippen LogP contribution in [0.2, 0.25) is 0 Å². The predicted octanol–water partition coefficient (Wildman–Crippen LogP) is 1.78. The highest BCUT2D eigenvalue weighted by Gasteiger charge is 2.05. The smallest absolute Gasteiger partial charge is 0.224 e. The van der Waals surface area contributed by atoms with Gasteiger partial charge in [0.2, 0.25) is 5.95 Å². The van der Waals surface area contributed by atoms with E-state index in [0.717, 1.165) is 17.5 Å². The summed E-state index contributed by atoms with van der Waals surface area (Å²) in [7, 11) is 3.78. The summed E-state index contributed by atoms with van der Waals surface area (Å²) in [4.78, 5) is 0. The van der Waals surface area contributed by atoms with Crippen LogP contribution < -0.4 is 10.6 Å². The standard InChI is InChI=1S/C12H17N5/c1-9-4-6-10(7-5-9)14-8-11-15-16-12(13-2)17(11)3/h4-7,14H,8H2,1-3H3,(H,13,16). The summed E-state index contributed by atoms with van der Waals surface area (Å²) < 4.78 is 1.93. The van der Waals surface area contributed by atoms with Crippen molar-refractivity contribution < 1.29 is 0 Å². The van der Waals surface area contributed by atoms with Crippen LogP contribution in [0.3, 0.4) is 0 Å². The van der Waals surface area contributed by atoms with Crippen LogP contribution in [0.4, 0.5) is 11.6 Å². The summed E-state index contributed by atoms with van der Waals surface area (Å²) in [6.07, 6.45) is 0. The van der Waals surface area contributed by atoms with Crippen LogP contribution in [0, 0.1) is 6.92 Å². The zero-order chi connectivity index (χ0) is 12.3. The van der Waals surface area contributed by atoms with Gasteiger partial charge in [-0.15, -0.1) is 10.2 Å². The van der Waals surface area contributed by atoms with Gasteiger partial charge in [-0.05, 0) is 19.1 Å². The SMILES string of the molecule is CNc1nnc(CNc2ccc(C)cc2)n1C. The molecule has 0 saturated heterocycles. The quantitative estimate of drug-likeness (QED) is 0.842. The Morgan fingerprint density at radius 3 is 2.47 bits per heavy atom. The average molecular weight is 231 g/mol. The van der Waals surface area contributed by atoms with E-state index in [2.05, 4.69) is 52.0 Å². The van der Waals surface area contributed by atoms with E-state index in [1.165, 1.54) is 5.56 Å². The first kappa shape index (κ1) is 11.4. The van der Waals surface area contributed by atoms with E-state index in [-0.39, 0.29) is 0 Å². The number of hydrogen-bond donors (Lipinski definition) is 2. The van der Waals surface area contributed by atoms with Crippen LogP contribution in [0.15, 0.2) is 24.3 Å². The number of benzene rings is 1. The normalized spacial score (nSPS) is 10.3. The summed E-state index contributed by atoms with van der Waals surface area (Å²) in [6, 6.07) is 8.28. The first-order valence-electron chi connectivity index (χ1n) is 5.57. The third-order valence-corrected chi connectivity index (χ3v) is 2.69. The average Bonchev–Trinajstić information content (AvgIpc) is 2.69. The molecule has 0 amide bonds. The van der Waals surface area contributed by atoms with Crippen molar-refractivity contribution in [2.75, 3.05) is 17.7 Å². The van der Waals surface area contributed by atoms with E-state index < -0.39 is 0 Å². The van der Waals surface area contributed by atoms with Gasteiger partial charge in [0, 0.05) is 19.8 Å². The molecule has 2 N–H and O–H groups in total. The maximum Gasteiger partial charge on any atom is 0.224 e. The molecule has 2 aromatic rings. The lowest BCUT2D eigenvalue weighted by molar-refractivity contribution is 0.816. The lowest BCUT2D eigenvalue weighted by Crippen LogP contribution is -2.07. The number of anilines is 2. The number of rotatable bonds is 4. The Labute approximate surface area is 101 Å². The molecule has 0 aliphatic heterocycles. The topological polar surface area (TPSA) is 54.8 Å². The van der Waals surface area contributed by atoms with Gasteiger partial charge in [0.15, 0.2) is 5.82 Å². The molecule has 2 rings (SSSR count). The van der Waals surface area contributed by atoms with Gasteiger partial charge >= 0.3 is 0 Å². The molecule has 0 radical (unpaired) electrons. The Bertz CT molecular complexity index is 486. The summed E-state index contributed by atoms with van der Waals surface area (Å²) >= 11 is 0. The van der Waals surface area contributed by atoms with Crippen LogP contribution >= 0.6 is 0 Å². The fourth-order valence-corrected chi connectivity index (χ4v) is 1.59. The Hall–Kier alpha value is -2.04. The maximum atomic E-state index is 4.11. The third kappa shape index (κ3) is 2.55. The highest BCUT2D eigenvalue weighted by Crippen LogP contribution is 2.11. The third-order valence-electron chi connectivity index (χ3n) is 2.69. The molecule has 1 aromatic carbocycles. The van der Waals surface area contributed by atoms with Gasteiger partial charge in [-0.2, -0.15) is 0 Å². The summed E-state index contributed by atoms with van der Waals surface area (Å²) in [5, 5.41) is 14.4. The Morgan fingerprint density at radius 2 is 1.88 bits per heavy atom. The van der Waals surface area contributed by atoms with E-state index in [1.54, 1.807) is 0 Å². The molecule has 1 aromatic heterocycles. The second kappa shape index (κ2) is 4.86. The minimum Gasteiger partial charge on any atom is -0.378 e. The van der Waals surface area contributed by atoms with Crippen LogP contribution in [0.25, 0.3) is 0 Å². The van der Waals surface area contributed by atoms with Gasteiger partial charge < -0.3 is 10.6 Å². The number of nitrogens with one attached hydrogen (secondary N) is 2. The summed E-state index contributed by atoms with van der Waals surface area (Å²) in [5.41, 5.74) is 2.34. The van der Waals surface area contributed by atoms with Gasteiger partial charge in [0.1, 0.15) is 0 Å². The van der Waals surface area contributed by atoms with Gasteiger partial charge in [-0.3, -0.25) is 4.57 Å². The van der Waals surface area contributed by atoms with Crippen molar-refractivity contribution in [3.8, 4) is 0 Å². The van der Waals surface area contributed by atoms with Crippen molar-refractivity contribution in [1.82, 2.24) is 14.8 Å². The van der Waals surface area contributed by atoms with Crippen molar-refractivity contribution >= 4 is 11.6 Å². The van der Waals surface area contributed by atoms with E-state index in [9.17, 15) is 0 Å². The molecule has 0 fully saturated rings. The molecule has 90 valence electrons. The first-order valence-corrected chi connectivity index (χ1v) is 5.57. The monoisotopic (exact) mass is 231 g/mol. The van der Waals surface area contributed by atoms with Gasteiger partial charge in [-0.25, -0.2) is 0 Å². The Kier molecular flexibility index (Phi) is 3.27. The van der Waals surface area contributed by atoms with Crippen LogP contribution in [0.5, 0.6) is 0 Å². The van der Waals surface area contributed by atoms with Crippen LogP contribution in [-0.4, -0.2) is 21.8 Å². The number of hydrogen-bond acceptors (Lipinski definition) is 4. The van der Waals surface area contributed by atoms with Gasteiger partial charge in [0.05, 0.1) is 6.54 Å². The fraction of sp³-hybridized carbons (Fsp3) is 0.333. The number of nitrogens with zero attached hydrogens (tertiary/aromatic N) is 3. The summed E-state index contributed by atoms with van der Waals surface area (Å²) in [5.74, 6) is 1.67. The Morgan fingerprint density at radius 1 is 1.18 bits per heavy atom. The fourth-order valence-electron chi connectivity index (χ4n) is 1.59. The van der Waals surface area contributed by atoms with Crippen molar-refractivity contribution in [1.29, 1.82) is 0 Å². The van der Waals surface area contributed by atoms with Crippen molar-refractivity contribution in [3.63, 3.8) is 0 Å². The van der Waals surface area contributed by atoms with Crippen LogP contribution in [-0.2, 0) is 13.6 Å². The highest BCUT2D eigenvalue weighted by atomic mass is 15.3. The van der Waals surface area contributed by atoms with Crippen LogP contribution in [0.1, 0.15) is 11.4 Å². The lowest BCUT2D eigenvalue weighted by atomic mass is 10.2. The molecule has 0 spiro atoms. The first-order chi connectivity index (χ1) is 8.20. The van der Waals surface area contributed by atoms with Gasteiger partial charge in [-0.1, -0.05) is 17.7 Å². The number of aromatic nitrogens is 3. The molecule has 0 aliphatic rings. The van der Waals surface area contributed by atoms with Crippen molar-refractivity contribution in [2.24, 2.45) is 7.05 Å². The molecular weight excluding hydrogens is 214 g/mol. The van der Waals surface area contributed by atoms with Crippen molar-refractivity contribution in [2.45, 2.75) is 13.5 Å². The number of aryl methyl sites for hydroxylation is 1. The van der Waals surface area contributed by atoms with Gasteiger partial charge in [0.25, 0.3) is 0 Å². The zero-order valence-corrected chi connectivity index (χ0v) is 10.4. The second-order valence-electron chi connectivity index (χ2n) is 3.97. The molecule has 0 atom stereocenters. The second-order valence-corrected chi connectivity index (χ2v) is 3.97. The Balaban J connectivity index is 2.02. The molecule has 0 aliphatic carbocycles. The van der Waals surface area contributed by atoms with E-state index in [1.807, 2.05) is 18.7 Å².